The third-order valence-corrected chi connectivity index (χ3v) is 4.25. The van der Waals surface area contributed by atoms with Gasteiger partial charge in [0.15, 0.2) is 0 Å². The Morgan fingerprint density at radius 2 is 1.88 bits per heavy atom. The number of nitrogens with one attached hydrogen (secondary N) is 1. The first-order chi connectivity index (χ1) is 7.85. The first kappa shape index (κ1) is 12.3. The van der Waals surface area contributed by atoms with E-state index in [2.05, 4.69) is 10.2 Å². The molecule has 2 rings (SSSR count). The molecule has 0 spiro atoms. The number of piperidine rings is 1. The maximum Gasteiger partial charge on any atom is 0.0703 e. The first-order valence-electron chi connectivity index (χ1n) is 6.83. The van der Waals surface area contributed by atoms with Gasteiger partial charge in [0.05, 0.1) is 5.60 Å². The molecule has 2 aliphatic rings. The normalized spacial score (nSPS) is 26.1. The zero-order valence-electron chi connectivity index (χ0n) is 10.6. The van der Waals surface area contributed by atoms with Crippen LogP contribution >= 0.6 is 0 Å². The Bertz CT molecular complexity index is 196. The molecule has 16 heavy (non-hydrogen) atoms. The van der Waals surface area contributed by atoms with Crippen molar-refractivity contribution in [2.45, 2.75) is 44.1 Å². The van der Waals surface area contributed by atoms with E-state index in [4.69, 9.17) is 4.74 Å². The zero-order valence-corrected chi connectivity index (χ0v) is 10.6. The van der Waals surface area contributed by atoms with Crippen LogP contribution in [0.1, 0.15) is 38.5 Å². The van der Waals surface area contributed by atoms with Crippen LogP contribution in [0.25, 0.3) is 0 Å². The first-order valence-corrected chi connectivity index (χ1v) is 6.83. The van der Waals surface area contributed by atoms with E-state index in [1.807, 2.05) is 7.11 Å². The van der Waals surface area contributed by atoms with Crippen molar-refractivity contribution in [2.75, 3.05) is 39.8 Å². The van der Waals surface area contributed by atoms with Crippen molar-refractivity contribution in [1.82, 2.24) is 10.2 Å². The summed E-state index contributed by atoms with van der Waals surface area (Å²) in [6.45, 7) is 6.16. The van der Waals surface area contributed by atoms with Crippen LogP contribution in [-0.4, -0.2) is 50.3 Å². The predicted octanol–water partition coefficient (Wildman–Crippen LogP) is 1.63. The highest BCUT2D eigenvalue weighted by atomic mass is 16.5. The van der Waals surface area contributed by atoms with Gasteiger partial charge in [-0.2, -0.15) is 0 Å². The van der Waals surface area contributed by atoms with Crippen LogP contribution in [0.15, 0.2) is 0 Å². The Hall–Kier alpha value is -0.120. The van der Waals surface area contributed by atoms with Gasteiger partial charge in [-0.3, -0.25) is 0 Å². The summed E-state index contributed by atoms with van der Waals surface area (Å²) < 4.78 is 5.78. The van der Waals surface area contributed by atoms with Gasteiger partial charge < -0.3 is 15.0 Å². The Morgan fingerprint density at radius 1 is 1.19 bits per heavy atom. The fourth-order valence-electron chi connectivity index (χ4n) is 3.07. The highest BCUT2D eigenvalue weighted by Crippen LogP contribution is 2.28. The molecule has 0 bridgehead atoms. The highest BCUT2D eigenvalue weighted by molar-refractivity contribution is 4.86. The van der Waals surface area contributed by atoms with Gasteiger partial charge in [0.2, 0.25) is 0 Å². The van der Waals surface area contributed by atoms with Gasteiger partial charge in [0, 0.05) is 7.11 Å². The van der Waals surface area contributed by atoms with E-state index in [1.54, 1.807) is 0 Å². The van der Waals surface area contributed by atoms with Gasteiger partial charge >= 0.3 is 0 Å². The molecule has 0 atom stereocenters. The second kappa shape index (κ2) is 5.99. The molecule has 2 heterocycles. The lowest BCUT2D eigenvalue weighted by Gasteiger charge is -2.36. The van der Waals surface area contributed by atoms with Crippen molar-refractivity contribution in [3.63, 3.8) is 0 Å². The third kappa shape index (κ3) is 3.19. The summed E-state index contributed by atoms with van der Waals surface area (Å²) in [4.78, 5) is 2.60. The van der Waals surface area contributed by atoms with E-state index in [0.717, 1.165) is 13.1 Å². The minimum atomic E-state index is 0.185. The Labute approximate surface area is 99.5 Å². The Balaban J connectivity index is 1.69. The molecular weight excluding hydrogens is 200 g/mol. The van der Waals surface area contributed by atoms with Crippen molar-refractivity contribution >= 4 is 0 Å². The van der Waals surface area contributed by atoms with Gasteiger partial charge in [-0.1, -0.05) is 0 Å². The van der Waals surface area contributed by atoms with Crippen molar-refractivity contribution in [2.24, 2.45) is 0 Å². The summed E-state index contributed by atoms with van der Waals surface area (Å²) in [6, 6.07) is 0. The quantitative estimate of drug-likeness (QED) is 0.771. The average Bonchev–Trinajstić information content (AvgIpc) is 2.83. The van der Waals surface area contributed by atoms with Crippen LogP contribution in [0, 0.1) is 0 Å². The number of hydrogen-bond donors (Lipinski definition) is 1. The molecule has 0 aromatic carbocycles. The molecule has 3 heteroatoms. The molecule has 0 saturated carbocycles. The molecule has 1 N–H and O–H groups in total. The van der Waals surface area contributed by atoms with E-state index in [1.165, 1.54) is 58.2 Å². The van der Waals surface area contributed by atoms with Gasteiger partial charge in [0.1, 0.15) is 0 Å². The van der Waals surface area contributed by atoms with Crippen molar-refractivity contribution in [3.05, 3.63) is 0 Å². The van der Waals surface area contributed by atoms with Crippen LogP contribution in [0.2, 0.25) is 0 Å². The van der Waals surface area contributed by atoms with Gasteiger partial charge in [-0.05, 0) is 71.2 Å². The summed E-state index contributed by atoms with van der Waals surface area (Å²) in [7, 11) is 1.89. The van der Waals surface area contributed by atoms with Crippen LogP contribution in [-0.2, 0) is 4.74 Å². The monoisotopic (exact) mass is 226 g/mol. The van der Waals surface area contributed by atoms with Gasteiger partial charge in [-0.15, -0.1) is 0 Å². The summed E-state index contributed by atoms with van der Waals surface area (Å²) in [6.07, 6.45) is 7.71. The van der Waals surface area contributed by atoms with E-state index < -0.39 is 0 Å². The molecular formula is C13H26N2O. The molecule has 0 unspecified atom stereocenters. The minimum absolute atomic E-state index is 0.185. The number of ether oxygens (including phenoxy) is 1. The number of rotatable bonds is 5. The summed E-state index contributed by atoms with van der Waals surface area (Å²) in [5.74, 6) is 0. The van der Waals surface area contributed by atoms with Gasteiger partial charge in [-0.25, -0.2) is 0 Å². The van der Waals surface area contributed by atoms with E-state index in [9.17, 15) is 0 Å². The molecule has 2 aliphatic heterocycles. The van der Waals surface area contributed by atoms with Crippen LogP contribution in [0.5, 0.6) is 0 Å². The van der Waals surface area contributed by atoms with Crippen molar-refractivity contribution in [3.8, 4) is 0 Å². The second-order valence-electron chi connectivity index (χ2n) is 5.29. The lowest BCUT2D eigenvalue weighted by atomic mass is 9.87. The maximum atomic E-state index is 5.78. The SMILES string of the molecule is COC1(CCCN2CCCC2)CCNCC1. The third-order valence-electron chi connectivity index (χ3n) is 4.25. The predicted molar refractivity (Wildman–Crippen MR) is 66.8 cm³/mol. The molecule has 3 nitrogen and oxygen atoms in total. The lowest BCUT2D eigenvalue weighted by molar-refractivity contribution is -0.0426. The minimum Gasteiger partial charge on any atom is -0.378 e. The fourth-order valence-corrected chi connectivity index (χ4v) is 3.07. The Kier molecular flexibility index (Phi) is 4.62. The van der Waals surface area contributed by atoms with E-state index >= 15 is 0 Å². The second-order valence-corrected chi connectivity index (χ2v) is 5.29. The average molecular weight is 226 g/mol. The number of hydrogen-bond acceptors (Lipinski definition) is 3. The van der Waals surface area contributed by atoms with Crippen LogP contribution in [0.3, 0.4) is 0 Å². The lowest BCUT2D eigenvalue weighted by Crippen LogP contribution is -2.43. The number of nitrogens with zero attached hydrogens (tertiary/aromatic N) is 1. The molecule has 94 valence electrons. The number of likely N-dealkylation sites (tertiary alicyclic amines) is 1. The molecule has 2 fully saturated rings. The maximum absolute atomic E-state index is 5.78. The highest BCUT2D eigenvalue weighted by Gasteiger charge is 2.31. The molecule has 0 amide bonds. The van der Waals surface area contributed by atoms with Crippen LogP contribution < -0.4 is 5.32 Å². The number of methoxy groups -OCH3 is 1. The smallest absolute Gasteiger partial charge is 0.0703 e. The molecule has 0 radical (unpaired) electrons. The zero-order chi connectivity index (χ0) is 11.3. The molecule has 0 aliphatic carbocycles. The molecule has 0 aromatic heterocycles. The summed E-state index contributed by atoms with van der Waals surface area (Å²) >= 11 is 0. The fraction of sp³-hybridized carbons (Fsp3) is 1.00. The summed E-state index contributed by atoms with van der Waals surface area (Å²) in [5, 5.41) is 3.41. The summed E-state index contributed by atoms with van der Waals surface area (Å²) in [5.41, 5.74) is 0.185. The topological polar surface area (TPSA) is 24.5 Å². The van der Waals surface area contributed by atoms with E-state index in [0.29, 0.717) is 0 Å². The van der Waals surface area contributed by atoms with Crippen molar-refractivity contribution < 1.29 is 4.74 Å². The Morgan fingerprint density at radius 3 is 2.50 bits per heavy atom. The molecule has 2 saturated heterocycles. The standard InChI is InChI=1S/C13H26N2O/c1-16-13(6-8-14-9-7-13)5-4-12-15-10-2-3-11-15/h14H,2-12H2,1H3. The van der Waals surface area contributed by atoms with Crippen LogP contribution in [0.4, 0.5) is 0 Å². The van der Waals surface area contributed by atoms with E-state index in [-0.39, 0.29) is 5.60 Å². The molecule has 0 aromatic rings. The largest absolute Gasteiger partial charge is 0.378 e. The van der Waals surface area contributed by atoms with Crippen molar-refractivity contribution in [1.29, 1.82) is 0 Å². The van der Waals surface area contributed by atoms with Gasteiger partial charge in [0.25, 0.3) is 0 Å².